The molecule has 21 heavy (non-hydrogen) atoms. The number of nitrogens with one attached hydrogen (secondary N) is 1. The van der Waals surface area contributed by atoms with Gasteiger partial charge in [-0.1, -0.05) is 0 Å². The van der Waals surface area contributed by atoms with Crippen LogP contribution in [0.3, 0.4) is 0 Å². The molecule has 0 radical (unpaired) electrons. The first-order chi connectivity index (χ1) is 9.81. The highest BCUT2D eigenvalue weighted by Gasteiger charge is 2.14. The topological polar surface area (TPSA) is 50.1 Å². The lowest BCUT2D eigenvalue weighted by molar-refractivity contribution is 0.395. The number of aromatic hydroxyl groups is 1. The van der Waals surface area contributed by atoms with Gasteiger partial charge in [-0.05, 0) is 45.4 Å². The first-order valence-electron chi connectivity index (χ1n) is 6.77. The van der Waals surface area contributed by atoms with Gasteiger partial charge in [0.15, 0.2) is 17.4 Å². The average molecular weight is 295 g/mol. The second-order valence-corrected chi connectivity index (χ2v) is 5.35. The minimum atomic E-state index is -0.960. The summed E-state index contributed by atoms with van der Waals surface area (Å²) in [5.74, 6) is -2.87. The summed E-state index contributed by atoms with van der Waals surface area (Å²) in [5.41, 5.74) is 3.08. The fourth-order valence-electron chi connectivity index (χ4n) is 2.33. The van der Waals surface area contributed by atoms with Crippen molar-refractivity contribution < 1.29 is 13.9 Å². The van der Waals surface area contributed by atoms with Crippen LogP contribution in [0.1, 0.15) is 36.8 Å². The van der Waals surface area contributed by atoms with Crippen LogP contribution in [0.25, 0.3) is 0 Å². The molecule has 0 saturated carbocycles. The Morgan fingerprint density at radius 2 is 1.81 bits per heavy atom. The Kier molecular flexibility index (Phi) is 4.16. The quantitative estimate of drug-likeness (QED) is 0.904. The van der Waals surface area contributed by atoms with E-state index in [-0.39, 0.29) is 12.6 Å². The normalized spacial score (nSPS) is 11.2. The number of anilines is 1. The summed E-state index contributed by atoms with van der Waals surface area (Å²) < 4.78 is 28.5. The third-order valence-corrected chi connectivity index (χ3v) is 3.36. The number of aryl methyl sites for hydroxylation is 1. The number of rotatable bonds is 4. The maximum absolute atomic E-state index is 13.3. The lowest BCUT2D eigenvalue weighted by Gasteiger charge is -2.10. The zero-order valence-electron chi connectivity index (χ0n) is 12.5. The van der Waals surface area contributed by atoms with Gasteiger partial charge >= 0.3 is 0 Å². The Morgan fingerprint density at radius 1 is 1.24 bits per heavy atom. The van der Waals surface area contributed by atoms with E-state index in [1.165, 1.54) is 0 Å². The van der Waals surface area contributed by atoms with Crippen molar-refractivity contribution in [1.29, 1.82) is 0 Å². The fourth-order valence-corrected chi connectivity index (χ4v) is 2.33. The molecule has 2 rings (SSSR count). The molecule has 0 saturated heterocycles. The van der Waals surface area contributed by atoms with Crippen LogP contribution in [0.4, 0.5) is 14.5 Å². The van der Waals surface area contributed by atoms with Crippen LogP contribution in [0.5, 0.6) is 5.75 Å². The van der Waals surface area contributed by atoms with Gasteiger partial charge in [0, 0.05) is 12.6 Å². The van der Waals surface area contributed by atoms with E-state index < -0.39 is 17.4 Å². The molecule has 0 spiro atoms. The van der Waals surface area contributed by atoms with E-state index in [2.05, 4.69) is 10.4 Å². The Balaban J connectivity index is 2.21. The van der Waals surface area contributed by atoms with Gasteiger partial charge in [-0.15, -0.1) is 0 Å². The van der Waals surface area contributed by atoms with Crippen molar-refractivity contribution in [2.24, 2.45) is 0 Å². The molecule has 0 unspecified atom stereocenters. The van der Waals surface area contributed by atoms with Gasteiger partial charge in [-0.2, -0.15) is 5.10 Å². The molecule has 0 aliphatic carbocycles. The largest absolute Gasteiger partial charge is 0.503 e. The molecule has 6 heteroatoms. The molecule has 0 aliphatic heterocycles. The van der Waals surface area contributed by atoms with Gasteiger partial charge < -0.3 is 10.4 Å². The van der Waals surface area contributed by atoms with Crippen molar-refractivity contribution in [2.75, 3.05) is 5.32 Å². The first kappa shape index (κ1) is 15.3. The van der Waals surface area contributed by atoms with E-state index in [1.54, 1.807) is 0 Å². The zero-order chi connectivity index (χ0) is 15.7. The summed E-state index contributed by atoms with van der Waals surface area (Å²) >= 11 is 0. The third kappa shape index (κ3) is 2.99. The average Bonchev–Trinajstić information content (AvgIpc) is 2.69. The van der Waals surface area contributed by atoms with Crippen molar-refractivity contribution in [1.82, 2.24) is 9.78 Å². The van der Waals surface area contributed by atoms with Gasteiger partial charge in [0.2, 0.25) is 0 Å². The van der Waals surface area contributed by atoms with Crippen molar-refractivity contribution in [3.05, 3.63) is 40.7 Å². The van der Waals surface area contributed by atoms with Gasteiger partial charge in [0.1, 0.15) is 0 Å². The highest BCUT2D eigenvalue weighted by atomic mass is 19.1. The van der Waals surface area contributed by atoms with Crippen molar-refractivity contribution in [3.63, 3.8) is 0 Å². The van der Waals surface area contributed by atoms with Crippen molar-refractivity contribution in [2.45, 2.75) is 40.3 Å². The molecule has 0 amide bonds. The summed E-state index contributed by atoms with van der Waals surface area (Å²) in [5, 5.41) is 16.7. The predicted octanol–water partition coefficient (Wildman–Crippen LogP) is 3.68. The number of hydrogen-bond donors (Lipinski definition) is 2. The molecular formula is C15H19F2N3O. The summed E-state index contributed by atoms with van der Waals surface area (Å²) in [6.45, 7) is 8.15. The van der Waals surface area contributed by atoms with Crippen LogP contribution in [-0.4, -0.2) is 14.9 Å². The molecule has 0 aliphatic rings. The van der Waals surface area contributed by atoms with Gasteiger partial charge in [-0.3, -0.25) is 4.68 Å². The number of phenols is 1. The van der Waals surface area contributed by atoms with Gasteiger partial charge in [0.25, 0.3) is 0 Å². The number of aromatic nitrogens is 2. The van der Waals surface area contributed by atoms with Gasteiger partial charge in [0.05, 0.1) is 17.1 Å². The maximum Gasteiger partial charge on any atom is 0.187 e. The zero-order valence-corrected chi connectivity index (χ0v) is 12.5. The van der Waals surface area contributed by atoms with E-state index >= 15 is 0 Å². The summed E-state index contributed by atoms with van der Waals surface area (Å²) in [6, 6.07) is 2.47. The molecule has 1 aromatic carbocycles. The number of benzene rings is 1. The highest BCUT2D eigenvalue weighted by Crippen LogP contribution is 2.25. The summed E-state index contributed by atoms with van der Waals surface area (Å²) in [6.07, 6.45) is 0. The van der Waals surface area contributed by atoms with Crippen LogP contribution in [0, 0.1) is 25.5 Å². The van der Waals surface area contributed by atoms with E-state index in [9.17, 15) is 8.78 Å². The second kappa shape index (κ2) is 5.71. The minimum absolute atomic E-state index is 0.239. The monoisotopic (exact) mass is 295 g/mol. The molecule has 114 valence electrons. The van der Waals surface area contributed by atoms with Crippen LogP contribution < -0.4 is 5.32 Å². The molecule has 2 aromatic rings. The predicted molar refractivity (Wildman–Crippen MR) is 77.4 cm³/mol. The van der Waals surface area contributed by atoms with E-state index in [4.69, 9.17) is 5.11 Å². The Labute approximate surface area is 122 Å². The number of nitrogens with zero attached hydrogens (tertiary/aromatic N) is 2. The number of hydrogen-bond acceptors (Lipinski definition) is 3. The lowest BCUT2D eigenvalue weighted by Crippen LogP contribution is -2.06. The summed E-state index contributed by atoms with van der Waals surface area (Å²) in [4.78, 5) is 0. The number of phenolic OH excluding ortho intramolecular Hbond substituents is 1. The molecule has 1 heterocycles. The number of halogens is 2. The maximum atomic E-state index is 13.3. The van der Waals surface area contributed by atoms with Crippen molar-refractivity contribution >= 4 is 5.69 Å². The minimum Gasteiger partial charge on any atom is -0.503 e. The third-order valence-electron chi connectivity index (χ3n) is 3.36. The molecular weight excluding hydrogens is 276 g/mol. The Morgan fingerprint density at radius 3 is 2.29 bits per heavy atom. The van der Waals surface area contributed by atoms with E-state index in [1.807, 2.05) is 32.4 Å². The van der Waals surface area contributed by atoms with Crippen LogP contribution in [0.2, 0.25) is 0 Å². The Hall–Kier alpha value is -2.11. The fraction of sp³-hybridized carbons (Fsp3) is 0.400. The second-order valence-electron chi connectivity index (χ2n) is 5.35. The highest BCUT2D eigenvalue weighted by molar-refractivity contribution is 5.52. The SMILES string of the molecule is Cc1nn(C(C)C)c(C)c1NCc1cc(F)c(O)c(F)c1. The standard InChI is InChI=1S/C15H19F2N3O/c1-8(2)20-10(4)14(9(3)19-20)18-7-11-5-12(16)15(21)13(17)6-11/h5-6,8,18,21H,7H2,1-4H3. The Bertz CT molecular complexity index is 642. The molecule has 0 fully saturated rings. The van der Waals surface area contributed by atoms with Crippen LogP contribution in [0.15, 0.2) is 12.1 Å². The molecule has 0 atom stereocenters. The molecule has 1 aromatic heterocycles. The van der Waals surface area contributed by atoms with Gasteiger partial charge in [-0.25, -0.2) is 8.78 Å². The van der Waals surface area contributed by atoms with E-state index in [0.717, 1.165) is 29.2 Å². The molecule has 2 N–H and O–H groups in total. The lowest BCUT2D eigenvalue weighted by atomic mass is 10.2. The van der Waals surface area contributed by atoms with E-state index in [0.29, 0.717) is 5.56 Å². The molecule has 0 bridgehead atoms. The van der Waals surface area contributed by atoms with Crippen LogP contribution >= 0.6 is 0 Å². The first-order valence-corrected chi connectivity index (χ1v) is 6.77. The smallest absolute Gasteiger partial charge is 0.187 e. The van der Waals surface area contributed by atoms with Crippen molar-refractivity contribution in [3.8, 4) is 5.75 Å². The molecule has 4 nitrogen and oxygen atoms in total. The van der Waals surface area contributed by atoms with Crippen LogP contribution in [-0.2, 0) is 6.54 Å². The summed E-state index contributed by atoms with van der Waals surface area (Å²) in [7, 11) is 0.